The molecule has 0 bridgehead atoms. The second-order valence-electron chi connectivity index (χ2n) is 11.8. The molecule has 3 N–H and O–H groups in total. The number of halogens is 4. The van der Waals surface area contributed by atoms with Crippen LogP contribution in [0.5, 0.6) is 5.88 Å². The van der Waals surface area contributed by atoms with E-state index in [9.17, 15) is 18.4 Å². The lowest BCUT2D eigenvalue weighted by Gasteiger charge is -2.15. The van der Waals surface area contributed by atoms with Gasteiger partial charge in [-0.15, -0.1) is 0 Å². The van der Waals surface area contributed by atoms with Crippen molar-refractivity contribution in [2.45, 2.75) is 44.8 Å². The molecular weight excluding hydrogens is 675 g/mol. The number of ether oxygens (including phenoxy) is 1. The van der Waals surface area contributed by atoms with Crippen LogP contribution in [0.15, 0.2) is 65.6 Å². The van der Waals surface area contributed by atoms with Gasteiger partial charge in [0.25, 0.3) is 5.56 Å². The second-order valence-corrected chi connectivity index (χ2v) is 12.6. The van der Waals surface area contributed by atoms with Gasteiger partial charge < -0.3 is 20.7 Å². The van der Waals surface area contributed by atoms with Crippen LogP contribution in [0.4, 0.5) is 8.78 Å². The average molecular weight is 711 g/mol. The predicted octanol–water partition coefficient (Wildman–Crippen LogP) is 5.86. The van der Waals surface area contributed by atoms with Crippen LogP contribution in [0.1, 0.15) is 30.7 Å². The Labute approximate surface area is 291 Å². The number of carbonyl (C=O) groups is 1. The van der Waals surface area contributed by atoms with Gasteiger partial charge in [-0.05, 0) is 18.6 Å². The lowest BCUT2D eigenvalue weighted by Crippen LogP contribution is -2.35. The van der Waals surface area contributed by atoms with E-state index < -0.39 is 6.43 Å². The fourth-order valence-corrected chi connectivity index (χ4v) is 6.59. The van der Waals surface area contributed by atoms with E-state index in [0.29, 0.717) is 80.3 Å². The summed E-state index contributed by atoms with van der Waals surface area (Å²) < 4.78 is 33.6. The monoisotopic (exact) mass is 709 g/mol. The molecule has 49 heavy (non-hydrogen) atoms. The number of amides is 1. The minimum absolute atomic E-state index is 0.0808. The summed E-state index contributed by atoms with van der Waals surface area (Å²) in [5.41, 5.74) is 5.02. The van der Waals surface area contributed by atoms with Crippen molar-refractivity contribution in [2.24, 2.45) is 7.05 Å². The molecule has 1 saturated heterocycles. The van der Waals surface area contributed by atoms with Crippen LogP contribution in [0.3, 0.4) is 0 Å². The van der Waals surface area contributed by atoms with Crippen molar-refractivity contribution < 1.29 is 18.3 Å². The largest absolute Gasteiger partial charge is 0.481 e. The lowest BCUT2D eigenvalue weighted by atomic mass is 9.97. The molecule has 14 heteroatoms. The number of hydrogen-bond acceptors (Lipinski definition) is 7. The number of pyridine rings is 1. The molecule has 6 rings (SSSR count). The fourth-order valence-electron chi connectivity index (χ4n) is 5.93. The molecule has 1 aliphatic heterocycles. The number of hydrogen-bond donors (Lipinski definition) is 3. The van der Waals surface area contributed by atoms with Gasteiger partial charge in [0.1, 0.15) is 11.3 Å². The Morgan fingerprint density at radius 2 is 1.71 bits per heavy atom. The number of nitrogens with zero attached hydrogens (tertiary/aromatic N) is 4. The molecule has 10 nitrogen and oxygen atoms in total. The number of carbonyl (C=O) groups excluding carboxylic acids is 1. The highest BCUT2D eigenvalue weighted by atomic mass is 35.5. The SMILES string of the molecule is COc1nc(-c2cccc(-c3cccc(-c4cc5c(=O)n(C)c(CNCCC(F)F)nn5c4)c3Cl)c2Cl)ccc1CNC[C@H]1CCC(=O)N1. The Kier molecular flexibility index (Phi) is 10.6. The first-order valence-corrected chi connectivity index (χ1v) is 16.6. The van der Waals surface area contributed by atoms with Crippen LogP contribution in [0.2, 0.25) is 10.0 Å². The Balaban J connectivity index is 1.26. The highest BCUT2D eigenvalue weighted by Gasteiger charge is 2.21. The smallest absolute Gasteiger partial charge is 0.277 e. The molecule has 0 aliphatic carbocycles. The number of rotatable bonds is 13. The topological polar surface area (TPSA) is 115 Å². The number of aromatic nitrogens is 4. The first kappa shape index (κ1) is 34.5. The molecule has 2 aromatic carbocycles. The zero-order chi connectivity index (χ0) is 34.7. The highest BCUT2D eigenvalue weighted by molar-refractivity contribution is 6.39. The number of methoxy groups -OCH3 is 1. The van der Waals surface area contributed by atoms with Crippen molar-refractivity contribution >= 4 is 34.6 Å². The predicted molar refractivity (Wildman–Crippen MR) is 186 cm³/mol. The number of alkyl halides is 2. The molecule has 256 valence electrons. The number of nitrogens with one attached hydrogen (secondary N) is 3. The first-order valence-electron chi connectivity index (χ1n) is 15.8. The minimum atomic E-state index is -2.41. The quantitative estimate of drug-likeness (QED) is 0.131. The van der Waals surface area contributed by atoms with Crippen LogP contribution in [-0.4, -0.2) is 57.7 Å². The van der Waals surface area contributed by atoms with Gasteiger partial charge in [-0.2, -0.15) is 5.10 Å². The summed E-state index contributed by atoms with van der Waals surface area (Å²) in [7, 11) is 3.17. The lowest BCUT2D eigenvalue weighted by molar-refractivity contribution is -0.119. The maximum absolute atomic E-state index is 13.2. The van der Waals surface area contributed by atoms with Crippen molar-refractivity contribution in [3.63, 3.8) is 0 Å². The molecule has 0 spiro atoms. The second kappa shape index (κ2) is 15.0. The molecule has 0 saturated carbocycles. The summed E-state index contributed by atoms with van der Waals surface area (Å²) >= 11 is 14.1. The maximum atomic E-state index is 13.2. The standard InChI is InChI=1S/C35H35Cl2F2N7O3/c1-45-30(18-40-14-13-29(38)39)44-46-19-21(15-28(46)35(45)48)23-5-3-6-24(32(23)36)25-7-4-8-26(33(25)37)27-11-9-20(34(43-27)49-2)16-41-17-22-10-12-31(47)42-22/h3-9,11,15,19,22,29,40-41H,10,12-14,16-18H2,1-2H3,(H,42,47)/t22-/m1/s1. The van der Waals surface area contributed by atoms with Crippen LogP contribution >= 0.6 is 23.2 Å². The molecule has 0 unspecified atom stereocenters. The van der Waals surface area contributed by atoms with Gasteiger partial charge in [0.15, 0.2) is 0 Å². The van der Waals surface area contributed by atoms with Crippen LogP contribution in [0, 0.1) is 0 Å². The third-order valence-electron chi connectivity index (χ3n) is 8.56. The minimum Gasteiger partial charge on any atom is -0.481 e. The third kappa shape index (κ3) is 7.47. The van der Waals surface area contributed by atoms with E-state index in [4.69, 9.17) is 32.9 Å². The summed E-state index contributed by atoms with van der Waals surface area (Å²) in [5.74, 6) is 0.956. The molecule has 1 atom stereocenters. The van der Waals surface area contributed by atoms with Crippen molar-refractivity contribution in [1.29, 1.82) is 0 Å². The van der Waals surface area contributed by atoms with Crippen LogP contribution in [-0.2, 0) is 24.9 Å². The molecule has 1 fully saturated rings. The van der Waals surface area contributed by atoms with Crippen LogP contribution < -0.4 is 26.2 Å². The number of benzene rings is 2. The van der Waals surface area contributed by atoms with E-state index in [-0.39, 0.29) is 37.0 Å². The molecule has 5 aromatic rings. The van der Waals surface area contributed by atoms with Gasteiger partial charge in [0.05, 0.1) is 29.4 Å². The Morgan fingerprint density at radius 1 is 1.00 bits per heavy atom. The Morgan fingerprint density at radius 3 is 2.41 bits per heavy atom. The molecule has 4 heterocycles. The molecule has 1 aliphatic rings. The van der Waals surface area contributed by atoms with Gasteiger partial charge in [0.2, 0.25) is 18.2 Å². The van der Waals surface area contributed by atoms with Gasteiger partial charge in [-0.3, -0.25) is 14.2 Å². The van der Waals surface area contributed by atoms with E-state index in [1.54, 1.807) is 26.4 Å². The molecular formula is C35H35Cl2F2N7O3. The van der Waals surface area contributed by atoms with E-state index >= 15 is 0 Å². The van der Waals surface area contributed by atoms with Crippen molar-refractivity contribution in [2.75, 3.05) is 20.2 Å². The van der Waals surface area contributed by atoms with Gasteiger partial charge >= 0.3 is 0 Å². The summed E-state index contributed by atoms with van der Waals surface area (Å²) in [5, 5.41) is 14.7. The van der Waals surface area contributed by atoms with E-state index in [1.165, 1.54) is 9.08 Å². The molecule has 3 aromatic heterocycles. The first-order chi connectivity index (χ1) is 23.6. The van der Waals surface area contributed by atoms with Gasteiger partial charge in [-0.1, -0.05) is 65.7 Å². The van der Waals surface area contributed by atoms with E-state index in [0.717, 1.165) is 12.0 Å². The summed E-state index contributed by atoms with van der Waals surface area (Å²) in [6.07, 6.45) is 0.396. The van der Waals surface area contributed by atoms with Gasteiger partial charge in [-0.25, -0.2) is 18.3 Å². The van der Waals surface area contributed by atoms with Crippen molar-refractivity contribution in [1.82, 2.24) is 35.1 Å². The van der Waals surface area contributed by atoms with Crippen LogP contribution in [0.25, 0.3) is 39.0 Å². The highest BCUT2D eigenvalue weighted by Crippen LogP contribution is 2.42. The van der Waals surface area contributed by atoms with E-state index in [2.05, 4.69) is 21.0 Å². The van der Waals surface area contributed by atoms with E-state index in [1.807, 2.05) is 48.5 Å². The third-order valence-corrected chi connectivity index (χ3v) is 9.37. The van der Waals surface area contributed by atoms with Gasteiger partial charge in [0, 0.05) is 85.1 Å². The van der Waals surface area contributed by atoms with Crippen molar-refractivity contribution in [3.8, 4) is 39.4 Å². The van der Waals surface area contributed by atoms with Crippen molar-refractivity contribution in [3.05, 3.63) is 92.6 Å². The Bertz CT molecular complexity index is 2070. The summed E-state index contributed by atoms with van der Waals surface area (Å²) in [6, 6.07) is 16.9. The molecule has 1 amide bonds. The zero-order valence-electron chi connectivity index (χ0n) is 26.9. The summed E-state index contributed by atoms with van der Waals surface area (Å²) in [6.45, 7) is 1.44. The Hall–Kier alpha value is -4.36. The fraction of sp³-hybridized carbons (Fsp3) is 0.314. The summed E-state index contributed by atoms with van der Waals surface area (Å²) in [4.78, 5) is 29.4. The maximum Gasteiger partial charge on any atom is 0.277 e. The number of fused-ring (bicyclic) bond motifs is 1. The average Bonchev–Trinajstić information content (AvgIpc) is 3.71. The molecule has 0 radical (unpaired) electrons. The zero-order valence-corrected chi connectivity index (χ0v) is 28.4. The normalized spacial score (nSPS) is 14.6.